The lowest BCUT2D eigenvalue weighted by atomic mass is 10.3. The van der Waals surface area contributed by atoms with Crippen molar-refractivity contribution in [1.82, 2.24) is 0 Å². The van der Waals surface area contributed by atoms with E-state index in [4.69, 9.17) is 0 Å². The Morgan fingerprint density at radius 3 is 0.889 bits per heavy atom. The first-order valence-electron chi connectivity index (χ1n) is 3.26. The van der Waals surface area contributed by atoms with Crippen molar-refractivity contribution in [2.24, 2.45) is 0 Å². The second-order valence-corrected chi connectivity index (χ2v) is 2.24. The predicted octanol–water partition coefficient (Wildman–Crippen LogP) is 1.14. The van der Waals surface area contributed by atoms with Gasteiger partial charge in [0.2, 0.25) is 26.2 Å². The third kappa shape index (κ3) is 1.68. The van der Waals surface area contributed by atoms with Gasteiger partial charge in [-0.2, -0.15) is 4.48 Å². The zero-order chi connectivity index (χ0) is 7.33. The molecule has 0 fully saturated rings. The van der Waals surface area contributed by atoms with Gasteiger partial charge in [-0.15, -0.1) is 0 Å². The standard InChI is InChI=1S/C8H16N/c1-5-9(6-2,7-3)8-4/h1-8H2/q+5. The normalized spacial score (nSPS) is 11.6. The molecule has 0 radical (unpaired) electrons. The van der Waals surface area contributed by atoms with E-state index >= 15 is 0 Å². The van der Waals surface area contributed by atoms with E-state index in [1.54, 1.807) is 0 Å². The van der Waals surface area contributed by atoms with E-state index in [0.29, 0.717) is 0 Å². The molecule has 0 aromatic heterocycles. The number of nitrogens with zero attached hydrogens (tertiary/aromatic N) is 1. The van der Waals surface area contributed by atoms with E-state index in [2.05, 4.69) is 27.7 Å². The van der Waals surface area contributed by atoms with Crippen molar-refractivity contribution in [3.8, 4) is 0 Å². The highest BCUT2D eigenvalue weighted by Crippen LogP contribution is 2.02. The molecule has 1 heteroatoms. The highest BCUT2D eigenvalue weighted by Gasteiger charge is 2.30. The van der Waals surface area contributed by atoms with Gasteiger partial charge < -0.3 is 0 Å². The molecule has 0 rings (SSSR count). The molecule has 0 aromatic carbocycles. The maximum atomic E-state index is 3.82. The van der Waals surface area contributed by atoms with E-state index in [9.17, 15) is 0 Å². The monoisotopic (exact) mass is 126 g/mol. The number of rotatable bonds is 4. The van der Waals surface area contributed by atoms with Crippen LogP contribution in [0, 0.1) is 27.7 Å². The molecule has 0 aromatic rings. The smallest absolute Gasteiger partial charge is 0.176 e. The van der Waals surface area contributed by atoms with Gasteiger partial charge in [0, 0.05) is 0 Å². The van der Waals surface area contributed by atoms with E-state index < -0.39 is 0 Å². The van der Waals surface area contributed by atoms with Crippen LogP contribution in [-0.2, 0) is 0 Å². The molecule has 0 spiro atoms. The summed E-state index contributed by atoms with van der Waals surface area (Å²) in [5, 5.41) is 0. The summed E-state index contributed by atoms with van der Waals surface area (Å²) in [5.74, 6) is 0. The fourth-order valence-corrected chi connectivity index (χ4v) is 0.671. The first-order chi connectivity index (χ1) is 4.24. The summed E-state index contributed by atoms with van der Waals surface area (Å²) in [6, 6.07) is 0. The van der Waals surface area contributed by atoms with Crippen LogP contribution in [0.4, 0.5) is 0 Å². The molecule has 0 unspecified atom stereocenters. The molecule has 0 atom stereocenters. The van der Waals surface area contributed by atoms with Crippen molar-refractivity contribution in [2.45, 2.75) is 0 Å². The first kappa shape index (κ1) is 8.44. The van der Waals surface area contributed by atoms with Gasteiger partial charge in [-0.3, -0.25) is 0 Å². The lowest BCUT2D eigenvalue weighted by Gasteiger charge is -2.19. The van der Waals surface area contributed by atoms with Gasteiger partial charge in [-0.25, -0.2) is 0 Å². The van der Waals surface area contributed by atoms with Crippen LogP contribution in [0.25, 0.3) is 0 Å². The Bertz CT molecular complexity index is 47.5. The molecule has 0 heterocycles. The minimum absolute atomic E-state index is 0.833. The van der Waals surface area contributed by atoms with Crippen LogP contribution in [-0.4, -0.2) is 30.7 Å². The highest BCUT2D eigenvalue weighted by atomic mass is 15.3. The summed E-state index contributed by atoms with van der Waals surface area (Å²) >= 11 is 0. The molecule has 0 amide bonds. The van der Waals surface area contributed by atoms with Crippen LogP contribution in [0.3, 0.4) is 0 Å². The lowest BCUT2D eigenvalue weighted by Crippen LogP contribution is -2.47. The molecule has 0 saturated heterocycles. The highest BCUT2D eigenvalue weighted by molar-refractivity contribution is 4.50. The van der Waals surface area contributed by atoms with Crippen LogP contribution in [0.1, 0.15) is 0 Å². The average Bonchev–Trinajstić information content (AvgIpc) is 1.95. The van der Waals surface area contributed by atoms with Gasteiger partial charge in [0.1, 0.15) is 27.7 Å². The zero-order valence-electron chi connectivity index (χ0n) is 6.10. The quantitative estimate of drug-likeness (QED) is 0.391. The van der Waals surface area contributed by atoms with Crippen molar-refractivity contribution >= 4 is 0 Å². The molecule has 0 aliphatic rings. The predicted molar refractivity (Wildman–Crippen MR) is 41.2 cm³/mol. The lowest BCUT2D eigenvalue weighted by molar-refractivity contribution is -0.908. The van der Waals surface area contributed by atoms with Crippen LogP contribution < -0.4 is 0 Å². The van der Waals surface area contributed by atoms with Gasteiger partial charge in [0.25, 0.3) is 0 Å². The fraction of sp³-hybridized carbons (Fsp3) is 0.500. The first-order valence-corrected chi connectivity index (χ1v) is 3.26. The fourth-order valence-electron chi connectivity index (χ4n) is 0.671. The van der Waals surface area contributed by atoms with Crippen LogP contribution in [0.15, 0.2) is 0 Å². The van der Waals surface area contributed by atoms with E-state index in [-0.39, 0.29) is 0 Å². The Kier molecular flexibility index (Phi) is 3.25. The summed E-state index contributed by atoms with van der Waals surface area (Å²) in [6.07, 6.45) is 0. The van der Waals surface area contributed by atoms with E-state index in [0.717, 1.165) is 30.7 Å². The third-order valence-corrected chi connectivity index (χ3v) is 1.90. The average molecular weight is 126 g/mol. The summed E-state index contributed by atoms with van der Waals surface area (Å²) in [7, 11) is 0. The second kappa shape index (κ2) is 3.46. The molecule has 0 aliphatic heterocycles. The van der Waals surface area contributed by atoms with E-state index in [1.165, 1.54) is 0 Å². The number of hydrogen-bond donors (Lipinski definition) is 0. The minimum Gasteiger partial charge on any atom is -0.176 e. The third-order valence-electron chi connectivity index (χ3n) is 1.90. The van der Waals surface area contributed by atoms with Gasteiger partial charge in [-0.1, -0.05) is 0 Å². The zero-order valence-corrected chi connectivity index (χ0v) is 6.10. The summed E-state index contributed by atoms with van der Waals surface area (Å²) in [6.45, 7) is 18.7. The number of hydrogen-bond acceptors (Lipinski definition) is 0. The maximum Gasteiger partial charge on any atom is 0.219 e. The second-order valence-electron chi connectivity index (χ2n) is 2.24. The molecule has 1 nitrogen and oxygen atoms in total. The van der Waals surface area contributed by atoms with Crippen LogP contribution in [0.5, 0.6) is 0 Å². The molecular formula is C8H16N+5. The van der Waals surface area contributed by atoms with Crippen LogP contribution in [0.2, 0.25) is 0 Å². The Morgan fingerprint density at radius 2 is 0.889 bits per heavy atom. The molecule has 0 N–H and O–H groups in total. The van der Waals surface area contributed by atoms with Gasteiger partial charge in [-0.05, 0) is 0 Å². The van der Waals surface area contributed by atoms with Crippen molar-refractivity contribution in [2.75, 3.05) is 26.2 Å². The molecule has 0 aliphatic carbocycles. The van der Waals surface area contributed by atoms with E-state index in [1.807, 2.05) is 0 Å². The molecule has 0 saturated carbocycles. The molecular weight excluding hydrogens is 110 g/mol. The topological polar surface area (TPSA) is 0 Å². The Labute approximate surface area is 59.3 Å². The summed E-state index contributed by atoms with van der Waals surface area (Å²) < 4.78 is 0.833. The Hall–Kier alpha value is -0.560. The largest absolute Gasteiger partial charge is 0.219 e. The van der Waals surface area contributed by atoms with Gasteiger partial charge >= 0.3 is 0 Å². The SMILES string of the molecule is [CH2+]C[N+](C[CH2+])(C[CH2+])C[CH2+]. The summed E-state index contributed by atoms with van der Waals surface area (Å²) in [5.41, 5.74) is 0. The Morgan fingerprint density at radius 1 is 0.667 bits per heavy atom. The number of quaternary nitrogens is 1. The van der Waals surface area contributed by atoms with Crippen molar-refractivity contribution in [3.63, 3.8) is 0 Å². The molecule has 48 valence electrons. The molecule has 0 bridgehead atoms. The van der Waals surface area contributed by atoms with Crippen molar-refractivity contribution in [3.05, 3.63) is 27.7 Å². The van der Waals surface area contributed by atoms with Crippen LogP contribution >= 0.6 is 0 Å². The Balaban J connectivity index is 3.82. The van der Waals surface area contributed by atoms with Gasteiger partial charge in [0.05, 0.1) is 0 Å². The van der Waals surface area contributed by atoms with Crippen molar-refractivity contribution < 1.29 is 4.48 Å². The maximum absolute atomic E-state index is 3.82. The molecule has 9 heavy (non-hydrogen) atoms. The van der Waals surface area contributed by atoms with Crippen molar-refractivity contribution in [1.29, 1.82) is 0 Å². The minimum atomic E-state index is 0.833. The van der Waals surface area contributed by atoms with Gasteiger partial charge in [0.15, 0.2) is 0 Å². The summed E-state index contributed by atoms with van der Waals surface area (Å²) in [4.78, 5) is 0.